The third-order valence-electron chi connectivity index (χ3n) is 3.73. The lowest BCUT2D eigenvalue weighted by atomic mass is 9.82. The number of hydrogen-bond acceptors (Lipinski definition) is 4. The Morgan fingerprint density at radius 1 is 1.32 bits per heavy atom. The molecule has 19 heavy (non-hydrogen) atoms. The van der Waals surface area contributed by atoms with Crippen molar-refractivity contribution in [2.45, 2.75) is 39.5 Å². The number of aromatic nitrogens is 2. The zero-order valence-electron chi connectivity index (χ0n) is 11.5. The van der Waals surface area contributed by atoms with Crippen molar-refractivity contribution in [1.82, 2.24) is 9.97 Å². The third kappa shape index (κ3) is 3.91. The first kappa shape index (κ1) is 13.8. The van der Waals surface area contributed by atoms with Crippen molar-refractivity contribution in [1.29, 1.82) is 0 Å². The van der Waals surface area contributed by atoms with E-state index in [1.165, 1.54) is 0 Å². The minimum Gasteiger partial charge on any atom is -0.481 e. The van der Waals surface area contributed by atoms with Crippen LogP contribution in [0.5, 0.6) is 0 Å². The van der Waals surface area contributed by atoms with Crippen LogP contribution in [0.1, 0.15) is 37.2 Å². The first-order chi connectivity index (χ1) is 9.04. The second-order valence-corrected chi connectivity index (χ2v) is 5.38. The van der Waals surface area contributed by atoms with E-state index in [1.54, 1.807) is 0 Å². The van der Waals surface area contributed by atoms with Gasteiger partial charge in [-0.15, -0.1) is 0 Å². The van der Waals surface area contributed by atoms with Crippen LogP contribution >= 0.6 is 0 Å². The summed E-state index contributed by atoms with van der Waals surface area (Å²) in [5, 5.41) is 12.3. The second-order valence-electron chi connectivity index (χ2n) is 5.38. The lowest BCUT2D eigenvalue weighted by Gasteiger charge is -2.26. The monoisotopic (exact) mass is 263 g/mol. The fraction of sp³-hybridized carbons (Fsp3) is 0.643. The van der Waals surface area contributed by atoms with E-state index >= 15 is 0 Å². The molecule has 0 saturated heterocycles. The highest BCUT2D eigenvalue weighted by atomic mass is 16.4. The van der Waals surface area contributed by atoms with Gasteiger partial charge in [0.15, 0.2) is 0 Å². The van der Waals surface area contributed by atoms with Gasteiger partial charge in [-0.05, 0) is 45.4 Å². The van der Waals surface area contributed by atoms with Gasteiger partial charge in [-0.2, -0.15) is 0 Å². The van der Waals surface area contributed by atoms with Gasteiger partial charge in [0, 0.05) is 18.3 Å². The van der Waals surface area contributed by atoms with Crippen molar-refractivity contribution in [2.24, 2.45) is 11.8 Å². The van der Waals surface area contributed by atoms with E-state index in [9.17, 15) is 4.79 Å². The molecule has 1 aromatic heterocycles. The summed E-state index contributed by atoms with van der Waals surface area (Å²) in [7, 11) is 0. The van der Waals surface area contributed by atoms with Gasteiger partial charge in [0.05, 0.1) is 5.92 Å². The van der Waals surface area contributed by atoms with Crippen molar-refractivity contribution in [3.63, 3.8) is 0 Å². The lowest BCUT2D eigenvalue weighted by Crippen LogP contribution is -2.25. The summed E-state index contributed by atoms with van der Waals surface area (Å²) in [5.41, 5.74) is 0.963. The number of rotatable bonds is 4. The summed E-state index contributed by atoms with van der Waals surface area (Å²) in [5.74, 6) is 1.40. The third-order valence-corrected chi connectivity index (χ3v) is 3.73. The van der Waals surface area contributed by atoms with Crippen LogP contribution in [0, 0.1) is 25.7 Å². The van der Waals surface area contributed by atoms with Crippen LogP contribution in [0.25, 0.3) is 0 Å². The van der Waals surface area contributed by atoms with Crippen LogP contribution in [-0.4, -0.2) is 27.6 Å². The summed E-state index contributed by atoms with van der Waals surface area (Å²) < 4.78 is 0. The molecule has 5 nitrogen and oxygen atoms in total. The van der Waals surface area contributed by atoms with Crippen LogP contribution < -0.4 is 5.32 Å². The largest absolute Gasteiger partial charge is 0.481 e. The average molecular weight is 263 g/mol. The molecule has 0 bridgehead atoms. The molecule has 1 heterocycles. The number of carboxylic acid groups (broad SMARTS) is 1. The molecule has 0 spiro atoms. The quantitative estimate of drug-likeness (QED) is 0.872. The number of aryl methyl sites for hydroxylation is 2. The molecule has 1 aliphatic rings. The number of aliphatic carboxylic acids is 1. The Labute approximate surface area is 113 Å². The maximum absolute atomic E-state index is 10.9. The van der Waals surface area contributed by atoms with E-state index in [4.69, 9.17) is 5.11 Å². The SMILES string of the molecule is Cc1cc(NCC2CCC(C(=O)O)CC2)nc(C)n1. The van der Waals surface area contributed by atoms with Crippen molar-refractivity contribution < 1.29 is 9.90 Å². The molecule has 1 fully saturated rings. The number of anilines is 1. The molecule has 0 atom stereocenters. The van der Waals surface area contributed by atoms with Gasteiger partial charge < -0.3 is 10.4 Å². The van der Waals surface area contributed by atoms with Gasteiger partial charge in [0.1, 0.15) is 11.6 Å². The first-order valence-corrected chi connectivity index (χ1v) is 6.83. The highest BCUT2D eigenvalue weighted by Gasteiger charge is 2.25. The van der Waals surface area contributed by atoms with Crippen LogP contribution in [-0.2, 0) is 4.79 Å². The van der Waals surface area contributed by atoms with Gasteiger partial charge in [-0.3, -0.25) is 4.79 Å². The molecule has 2 rings (SSSR count). The summed E-state index contributed by atoms with van der Waals surface area (Å²) in [6.45, 7) is 4.70. The van der Waals surface area contributed by atoms with Crippen LogP contribution in [0.3, 0.4) is 0 Å². The normalized spacial score (nSPS) is 23.1. The average Bonchev–Trinajstić information content (AvgIpc) is 2.36. The molecule has 0 amide bonds. The number of nitrogens with one attached hydrogen (secondary N) is 1. The van der Waals surface area contributed by atoms with Crippen molar-refractivity contribution in [2.75, 3.05) is 11.9 Å². The maximum Gasteiger partial charge on any atom is 0.306 e. The number of carboxylic acids is 1. The van der Waals surface area contributed by atoms with Crippen molar-refractivity contribution in [3.8, 4) is 0 Å². The minimum atomic E-state index is -0.645. The smallest absolute Gasteiger partial charge is 0.306 e. The number of carbonyl (C=O) groups is 1. The molecular formula is C14H21N3O2. The first-order valence-electron chi connectivity index (χ1n) is 6.83. The van der Waals surface area contributed by atoms with E-state index in [0.29, 0.717) is 5.92 Å². The fourth-order valence-electron chi connectivity index (χ4n) is 2.67. The topological polar surface area (TPSA) is 75.1 Å². The van der Waals surface area contributed by atoms with Gasteiger partial charge in [0.25, 0.3) is 0 Å². The summed E-state index contributed by atoms with van der Waals surface area (Å²) in [6, 6.07) is 1.94. The van der Waals surface area contributed by atoms with E-state index in [1.807, 2.05) is 19.9 Å². The van der Waals surface area contributed by atoms with Crippen molar-refractivity contribution >= 4 is 11.8 Å². The molecule has 0 aromatic carbocycles. The lowest BCUT2D eigenvalue weighted by molar-refractivity contribution is -0.143. The highest BCUT2D eigenvalue weighted by Crippen LogP contribution is 2.29. The molecule has 0 aliphatic heterocycles. The summed E-state index contributed by atoms with van der Waals surface area (Å²) in [4.78, 5) is 19.5. The van der Waals surface area contributed by atoms with E-state index < -0.39 is 5.97 Å². The molecule has 0 unspecified atom stereocenters. The number of nitrogens with zero attached hydrogens (tertiary/aromatic N) is 2. The Kier molecular flexibility index (Phi) is 4.35. The Balaban J connectivity index is 1.82. The number of hydrogen-bond donors (Lipinski definition) is 2. The molecule has 2 N–H and O–H groups in total. The second kappa shape index (κ2) is 5.99. The van der Waals surface area contributed by atoms with Crippen LogP contribution in [0.2, 0.25) is 0 Å². The zero-order valence-corrected chi connectivity index (χ0v) is 11.5. The van der Waals surface area contributed by atoms with Gasteiger partial charge >= 0.3 is 5.97 Å². The van der Waals surface area contributed by atoms with E-state index in [0.717, 1.165) is 49.6 Å². The fourth-order valence-corrected chi connectivity index (χ4v) is 2.67. The summed E-state index contributed by atoms with van der Waals surface area (Å²) in [6.07, 6.45) is 3.55. The predicted molar refractivity (Wildman–Crippen MR) is 73.1 cm³/mol. The molecule has 1 saturated carbocycles. The Hall–Kier alpha value is -1.65. The van der Waals surface area contributed by atoms with Gasteiger partial charge in [-0.1, -0.05) is 0 Å². The highest BCUT2D eigenvalue weighted by molar-refractivity contribution is 5.70. The molecule has 1 aliphatic carbocycles. The molecule has 5 heteroatoms. The maximum atomic E-state index is 10.9. The van der Waals surface area contributed by atoms with E-state index in [-0.39, 0.29) is 5.92 Å². The minimum absolute atomic E-state index is 0.139. The van der Waals surface area contributed by atoms with Gasteiger partial charge in [-0.25, -0.2) is 9.97 Å². The standard InChI is InChI=1S/C14H21N3O2/c1-9-7-13(17-10(2)16-9)15-8-11-3-5-12(6-4-11)14(18)19/h7,11-12H,3-6,8H2,1-2H3,(H,18,19)(H,15,16,17). The Bertz CT molecular complexity index is 434. The van der Waals surface area contributed by atoms with E-state index in [2.05, 4.69) is 15.3 Å². The summed E-state index contributed by atoms with van der Waals surface area (Å²) >= 11 is 0. The van der Waals surface area contributed by atoms with Crippen molar-refractivity contribution in [3.05, 3.63) is 17.6 Å². The Morgan fingerprint density at radius 3 is 2.58 bits per heavy atom. The molecule has 104 valence electrons. The van der Waals surface area contributed by atoms with Gasteiger partial charge in [0.2, 0.25) is 0 Å². The molecular weight excluding hydrogens is 242 g/mol. The van der Waals surface area contributed by atoms with Crippen LogP contribution in [0.4, 0.5) is 5.82 Å². The zero-order chi connectivity index (χ0) is 13.8. The molecule has 1 aromatic rings. The Morgan fingerprint density at radius 2 is 2.00 bits per heavy atom. The predicted octanol–water partition coefficient (Wildman–Crippen LogP) is 2.40. The van der Waals surface area contributed by atoms with Crippen LogP contribution in [0.15, 0.2) is 6.07 Å². The molecule has 0 radical (unpaired) electrons.